The number of nitrogens with zero attached hydrogens (tertiary/aromatic N) is 2. The van der Waals surface area contributed by atoms with Crippen LogP contribution in [-0.4, -0.2) is 31.2 Å². The Morgan fingerprint density at radius 3 is 2.45 bits per heavy atom. The Kier molecular flexibility index (Phi) is 4.77. The zero-order valence-electron chi connectivity index (χ0n) is 10.3. The SMILES string of the molecule is C[C@H](C(=O)OCC#N)S(=O)(=O)c1ccc([N+](=O)[O-])cc1. The highest BCUT2D eigenvalue weighted by Crippen LogP contribution is 2.20. The van der Waals surface area contributed by atoms with Gasteiger partial charge in [-0.05, 0) is 19.1 Å². The van der Waals surface area contributed by atoms with Gasteiger partial charge in [-0.3, -0.25) is 14.9 Å². The topological polar surface area (TPSA) is 127 Å². The van der Waals surface area contributed by atoms with E-state index >= 15 is 0 Å². The van der Waals surface area contributed by atoms with Crippen LogP contribution < -0.4 is 0 Å². The average molecular weight is 298 g/mol. The maximum atomic E-state index is 12.1. The molecule has 0 saturated heterocycles. The van der Waals surface area contributed by atoms with Gasteiger partial charge in [0.1, 0.15) is 6.07 Å². The number of nitro groups is 1. The Hall–Kier alpha value is -2.47. The Morgan fingerprint density at radius 1 is 1.45 bits per heavy atom. The lowest BCUT2D eigenvalue weighted by Crippen LogP contribution is -2.29. The minimum Gasteiger partial charge on any atom is -0.449 e. The molecule has 1 aromatic rings. The van der Waals surface area contributed by atoms with Crippen LogP contribution in [0.3, 0.4) is 0 Å². The quantitative estimate of drug-likeness (QED) is 0.447. The molecule has 0 unspecified atom stereocenters. The first-order valence-electron chi connectivity index (χ1n) is 5.32. The highest BCUT2D eigenvalue weighted by Gasteiger charge is 2.31. The first-order chi connectivity index (χ1) is 9.30. The van der Waals surface area contributed by atoms with Crippen LogP contribution in [0.4, 0.5) is 5.69 Å². The van der Waals surface area contributed by atoms with Crippen molar-refractivity contribution in [1.29, 1.82) is 5.26 Å². The Bertz CT molecular complexity index is 659. The number of esters is 1. The molecule has 0 bridgehead atoms. The molecule has 0 spiro atoms. The number of ether oxygens (including phenoxy) is 1. The molecule has 0 aliphatic rings. The van der Waals surface area contributed by atoms with Crippen molar-refractivity contribution in [2.24, 2.45) is 0 Å². The zero-order valence-corrected chi connectivity index (χ0v) is 11.2. The number of rotatable bonds is 5. The second-order valence-corrected chi connectivity index (χ2v) is 5.97. The lowest BCUT2D eigenvalue weighted by atomic mass is 10.3. The van der Waals surface area contributed by atoms with Crippen LogP contribution in [0.25, 0.3) is 0 Å². The van der Waals surface area contributed by atoms with E-state index in [1.807, 2.05) is 0 Å². The lowest BCUT2D eigenvalue weighted by molar-refractivity contribution is -0.384. The summed E-state index contributed by atoms with van der Waals surface area (Å²) in [4.78, 5) is 21.0. The molecule has 1 aromatic carbocycles. The predicted octanol–water partition coefficient (Wildman–Crippen LogP) is 0.824. The minimum atomic E-state index is -4.02. The van der Waals surface area contributed by atoms with Gasteiger partial charge in [-0.15, -0.1) is 0 Å². The standard InChI is InChI=1S/C11H10N2O6S/c1-8(11(14)19-7-6-12)20(17,18)10-4-2-9(3-5-10)13(15)16/h2-5,8H,7H2,1H3/t8-/m1/s1. The van der Waals surface area contributed by atoms with Gasteiger partial charge in [0.15, 0.2) is 21.7 Å². The van der Waals surface area contributed by atoms with Gasteiger partial charge in [-0.2, -0.15) is 5.26 Å². The molecule has 0 aliphatic heterocycles. The molecule has 0 heterocycles. The number of hydrogen-bond acceptors (Lipinski definition) is 7. The number of carbonyl (C=O) groups is 1. The van der Waals surface area contributed by atoms with Crippen LogP contribution >= 0.6 is 0 Å². The molecule has 106 valence electrons. The zero-order chi connectivity index (χ0) is 15.3. The molecule has 0 amide bonds. The smallest absolute Gasteiger partial charge is 0.325 e. The third kappa shape index (κ3) is 3.30. The molecule has 0 aliphatic carbocycles. The van der Waals surface area contributed by atoms with E-state index in [2.05, 4.69) is 4.74 Å². The molecule has 0 aromatic heterocycles. The number of hydrogen-bond donors (Lipinski definition) is 0. The van der Waals surface area contributed by atoms with Crippen molar-refractivity contribution in [1.82, 2.24) is 0 Å². The summed E-state index contributed by atoms with van der Waals surface area (Å²) in [5, 5.41) is 17.2. The van der Waals surface area contributed by atoms with Crippen LogP contribution in [-0.2, 0) is 19.4 Å². The maximum absolute atomic E-state index is 12.1. The minimum absolute atomic E-state index is 0.232. The molecule has 1 atom stereocenters. The number of carbonyl (C=O) groups excluding carboxylic acids is 1. The first-order valence-corrected chi connectivity index (χ1v) is 6.87. The fourth-order valence-corrected chi connectivity index (χ4v) is 2.55. The molecular weight excluding hydrogens is 288 g/mol. The summed E-state index contributed by atoms with van der Waals surface area (Å²) < 4.78 is 28.6. The van der Waals surface area contributed by atoms with Gasteiger partial charge in [-0.25, -0.2) is 8.42 Å². The summed E-state index contributed by atoms with van der Waals surface area (Å²) in [6.45, 7) is 0.579. The van der Waals surface area contributed by atoms with E-state index in [0.717, 1.165) is 31.2 Å². The van der Waals surface area contributed by atoms with Crippen LogP contribution in [0.1, 0.15) is 6.92 Å². The van der Waals surface area contributed by atoms with Gasteiger partial charge < -0.3 is 4.74 Å². The fourth-order valence-electron chi connectivity index (χ4n) is 1.31. The van der Waals surface area contributed by atoms with Crippen molar-refractivity contribution in [3.05, 3.63) is 34.4 Å². The van der Waals surface area contributed by atoms with Gasteiger partial charge in [0.25, 0.3) is 5.69 Å². The van der Waals surface area contributed by atoms with E-state index in [9.17, 15) is 23.3 Å². The van der Waals surface area contributed by atoms with Crippen LogP contribution in [0.15, 0.2) is 29.2 Å². The summed E-state index contributed by atoms with van der Waals surface area (Å²) in [5.74, 6) is -1.05. The van der Waals surface area contributed by atoms with E-state index in [-0.39, 0.29) is 10.6 Å². The summed E-state index contributed by atoms with van der Waals surface area (Å²) in [6.07, 6.45) is 0. The molecule has 0 saturated carbocycles. The fraction of sp³-hybridized carbons (Fsp3) is 0.273. The second kappa shape index (κ2) is 6.12. The van der Waals surface area contributed by atoms with Gasteiger partial charge in [0.05, 0.1) is 9.82 Å². The number of sulfone groups is 1. The van der Waals surface area contributed by atoms with E-state index in [0.29, 0.717) is 0 Å². The molecule has 8 nitrogen and oxygen atoms in total. The van der Waals surface area contributed by atoms with Crippen molar-refractivity contribution in [3.63, 3.8) is 0 Å². The van der Waals surface area contributed by atoms with Gasteiger partial charge in [-0.1, -0.05) is 0 Å². The Morgan fingerprint density at radius 2 is 2.00 bits per heavy atom. The third-order valence-corrected chi connectivity index (χ3v) is 4.51. The highest BCUT2D eigenvalue weighted by molar-refractivity contribution is 7.92. The van der Waals surface area contributed by atoms with Crippen molar-refractivity contribution >= 4 is 21.5 Å². The molecule has 1 rings (SSSR count). The molecular formula is C11H10N2O6S. The highest BCUT2D eigenvalue weighted by atomic mass is 32.2. The van der Waals surface area contributed by atoms with Gasteiger partial charge >= 0.3 is 5.97 Å². The maximum Gasteiger partial charge on any atom is 0.325 e. The summed E-state index contributed by atoms with van der Waals surface area (Å²) in [6, 6.07) is 5.69. The van der Waals surface area contributed by atoms with Crippen LogP contribution in [0, 0.1) is 21.4 Å². The largest absolute Gasteiger partial charge is 0.449 e. The van der Waals surface area contributed by atoms with Gasteiger partial charge in [0.2, 0.25) is 0 Å². The van der Waals surface area contributed by atoms with Gasteiger partial charge in [0, 0.05) is 12.1 Å². The van der Waals surface area contributed by atoms with E-state index < -0.39 is 32.6 Å². The summed E-state index contributed by atoms with van der Waals surface area (Å²) >= 11 is 0. The normalized spacial score (nSPS) is 12.2. The lowest BCUT2D eigenvalue weighted by Gasteiger charge is -2.11. The Labute approximate surface area is 114 Å². The summed E-state index contributed by atoms with van der Waals surface area (Å²) in [7, 11) is -4.02. The van der Waals surface area contributed by atoms with Crippen LogP contribution in [0.2, 0.25) is 0 Å². The van der Waals surface area contributed by atoms with Crippen LogP contribution in [0.5, 0.6) is 0 Å². The molecule has 9 heteroatoms. The predicted molar refractivity (Wildman–Crippen MR) is 66.3 cm³/mol. The van der Waals surface area contributed by atoms with Crippen molar-refractivity contribution in [2.45, 2.75) is 17.1 Å². The molecule has 0 radical (unpaired) electrons. The Balaban J connectivity index is 3.01. The van der Waals surface area contributed by atoms with Crippen molar-refractivity contribution < 1.29 is 22.9 Å². The molecule has 20 heavy (non-hydrogen) atoms. The number of benzene rings is 1. The second-order valence-electron chi connectivity index (χ2n) is 3.70. The average Bonchev–Trinajstić information content (AvgIpc) is 2.43. The summed E-state index contributed by atoms with van der Waals surface area (Å²) in [5.41, 5.74) is -0.260. The van der Waals surface area contributed by atoms with E-state index in [1.54, 1.807) is 6.07 Å². The molecule has 0 fully saturated rings. The van der Waals surface area contributed by atoms with Crippen molar-refractivity contribution in [2.75, 3.05) is 6.61 Å². The molecule has 0 N–H and O–H groups in total. The number of non-ortho nitro benzene ring substituents is 1. The van der Waals surface area contributed by atoms with E-state index in [4.69, 9.17) is 5.26 Å². The first kappa shape index (κ1) is 15.6. The number of nitro benzene ring substituents is 1. The number of nitriles is 1. The third-order valence-electron chi connectivity index (χ3n) is 2.45. The van der Waals surface area contributed by atoms with Crippen molar-refractivity contribution in [3.8, 4) is 6.07 Å². The monoisotopic (exact) mass is 298 g/mol. The van der Waals surface area contributed by atoms with E-state index in [1.165, 1.54) is 0 Å².